The summed E-state index contributed by atoms with van der Waals surface area (Å²) in [7, 11) is -3.50. The van der Waals surface area contributed by atoms with Gasteiger partial charge in [0.05, 0.1) is 17.0 Å². The van der Waals surface area contributed by atoms with Gasteiger partial charge in [-0.15, -0.1) is 0 Å². The highest BCUT2D eigenvalue weighted by atomic mass is 32.2. The Kier molecular flexibility index (Phi) is 7.22. The first kappa shape index (κ1) is 23.9. The predicted octanol–water partition coefficient (Wildman–Crippen LogP) is 3.51. The van der Waals surface area contributed by atoms with Gasteiger partial charge in [-0.25, -0.2) is 8.42 Å². The third-order valence-electron chi connectivity index (χ3n) is 6.79. The molecule has 2 heterocycles. The number of nitrogens with one attached hydrogen (secondary N) is 2. The summed E-state index contributed by atoms with van der Waals surface area (Å²) < 4.78 is 28.2. The van der Waals surface area contributed by atoms with Crippen molar-refractivity contribution in [3.8, 4) is 0 Å². The van der Waals surface area contributed by atoms with Gasteiger partial charge in [0.15, 0.2) is 0 Å². The van der Waals surface area contributed by atoms with E-state index in [0.717, 1.165) is 31.9 Å². The van der Waals surface area contributed by atoms with Gasteiger partial charge in [0.1, 0.15) is 5.84 Å². The van der Waals surface area contributed by atoms with Gasteiger partial charge in [0.25, 0.3) is 0 Å². The standard InChI is InChI=1S/C26H36N4O2S/c1-20(2)18-22-8-10-24(11-9-22)33(31,32)30-16-12-26(13-17-30)25(27-14-15-29-26)28-19-23-7-5-4-6-21(23)3/h4-11,20,29H,12-19H2,1-3H3,(H,27,28). The molecule has 6 nitrogen and oxygen atoms in total. The minimum absolute atomic E-state index is 0.284. The SMILES string of the molecule is Cc1ccccc1CNC1=NCCNC12CCN(S(=O)(=O)c1ccc(CC(C)C)cc1)CC2. The van der Waals surface area contributed by atoms with Crippen LogP contribution in [-0.4, -0.2) is 50.3 Å². The van der Waals surface area contributed by atoms with Crippen LogP contribution in [0.3, 0.4) is 0 Å². The summed E-state index contributed by atoms with van der Waals surface area (Å²) in [5, 5.41) is 7.22. The van der Waals surface area contributed by atoms with Crippen molar-refractivity contribution in [2.45, 2.75) is 57.0 Å². The predicted molar refractivity (Wildman–Crippen MR) is 134 cm³/mol. The fraction of sp³-hybridized carbons (Fsp3) is 0.500. The first-order chi connectivity index (χ1) is 15.8. The summed E-state index contributed by atoms with van der Waals surface area (Å²) in [4.78, 5) is 5.19. The molecule has 4 rings (SSSR count). The van der Waals surface area contributed by atoms with Gasteiger partial charge in [0.2, 0.25) is 10.0 Å². The van der Waals surface area contributed by atoms with E-state index in [1.807, 2.05) is 18.2 Å². The number of nitrogens with zero attached hydrogens (tertiary/aromatic N) is 2. The van der Waals surface area contributed by atoms with Crippen LogP contribution in [0, 0.1) is 12.8 Å². The molecule has 2 aliphatic heterocycles. The van der Waals surface area contributed by atoms with E-state index in [4.69, 9.17) is 4.99 Å². The molecule has 2 aromatic carbocycles. The number of hydrogen-bond donors (Lipinski definition) is 2. The number of aryl methyl sites for hydroxylation is 1. The summed E-state index contributed by atoms with van der Waals surface area (Å²) in [6.45, 7) is 9.69. The molecule has 0 unspecified atom stereocenters. The lowest BCUT2D eigenvalue weighted by Crippen LogP contribution is -2.64. The molecule has 0 radical (unpaired) electrons. The van der Waals surface area contributed by atoms with E-state index in [1.54, 1.807) is 16.4 Å². The van der Waals surface area contributed by atoms with Crippen molar-refractivity contribution in [3.63, 3.8) is 0 Å². The molecule has 0 aliphatic carbocycles. The molecule has 0 atom stereocenters. The average Bonchev–Trinajstić information content (AvgIpc) is 2.80. The summed E-state index contributed by atoms with van der Waals surface area (Å²) in [5.41, 5.74) is 3.40. The van der Waals surface area contributed by atoms with Crippen LogP contribution in [0.1, 0.15) is 43.4 Å². The number of sulfonamides is 1. The van der Waals surface area contributed by atoms with E-state index in [0.29, 0.717) is 36.7 Å². The highest BCUT2D eigenvalue weighted by Gasteiger charge is 2.43. The smallest absolute Gasteiger partial charge is 0.243 e. The Morgan fingerprint density at radius 1 is 1.09 bits per heavy atom. The van der Waals surface area contributed by atoms with Crippen molar-refractivity contribution in [1.82, 2.24) is 14.9 Å². The Labute approximate surface area is 198 Å². The Morgan fingerprint density at radius 3 is 2.45 bits per heavy atom. The van der Waals surface area contributed by atoms with Crippen molar-refractivity contribution in [1.29, 1.82) is 0 Å². The number of rotatable bonds is 6. The third-order valence-corrected chi connectivity index (χ3v) is 8.70. The second-order valence-corrected chi connectivity index (χ2v) is 11.6. The second kappa shape index (κ2) is 9.95. The number of hydrogen-bond acceptors (Lipinski definition) is 5. The number of benzene rings is 2. The van der Waals surface area contributed by atoms with Gasteiger partial charge >= 0.3 is 0 Å². The Morgan fingerprint density at radius 2 is 1.79 bits per heavy atom. The van der Waals surface area contributed by atoms with Crippen LogP contribution in [0.25, 0.3) is 0 Å². The van der Waals surface area contributed by atoms with Crippen LogP contribution in [0.15, 0.2) is 58.4 Å². The fourth-order valence-electron chi connectivity index (χ4n) is 4.85. The van der Waals surface area contributed by atoms with Gasteiger partial charge in [-0.2, -0.15) is 4.31 Å². The van der Waals surface area contributed by atoms with E-state index in [9.17, 15) is 8.42 Å². The van der Waals surface area contributed by atoms with E-state index in [-0.39, 0.29) is 5.54 Å². The molecule has 0 amide bonds. The van der Waals surface area contributed by atoms with E-state index < -0.39 is 10.0 Å². The molecule has 33 heavy (non-hydrogen) atoms. The van der Waals surface area contributed by atoms with Crippen molar-refractivity contribution in [3.05, 3.63) is 65.2 Å². The molecule has 178 valence electrons. The average molecular weight is 469 g/mol. The minimum Gasteiger partial charge on any atom is -0.368 e. The van der Waals surface area contributed by atoms with Crippen LogP contribution in [-0.2, 0) is 23.0 Å². The largest absolute Gasteiger partial charge is 0.368 e. The Balaban J connectivity index is 1.43. The first-order valence-corrected chi connectivity index (χ1v) is 13.4. The maximum Gasteiger partial charge on any atom is 0.243 e. The van der Waals surface area contributed by atoms with Crippen molar-refractivity contribution < 1.29 is 8.42 Å². The molecule has 0 aromatic heterocycles. The molecule has 1 spiro atoms. The van der Waals surface area contributed by atoms with Crippen LogP contribution < -0.4 is 10.6 Å². The number of aliphatic imine (C=N–C) groups is 1. The van der Waals surface area contributed by atoms with Gasteiger partial charge in [-0.1, -0.05) is 50.2 Å². The molecular weight excluding hydrogens is 432 g/mol. The lowest BCUT2D eigenvalue weighted by Gasteiger charge is -2.44. The van der Waals surface area contributed by atoms with Gasteiger partial charge in [-0.05, 0) is 60.9 Å². The topological polar surface area (TPSA) is 73.8 Å². The highest BCUT2D eigenvalue weighted by Crippen LogP contribution is 2.29. The molecule has 7 heteroatoms. The van der Waals surface area contributed by atoms with Crippen LogP contribution in [0.4, 0.5) is 0 Å². The number of piperidine rings is 1. The molecule has 0 saturated carbocycles. The Hall–Kier alpha value is -2.22. The summed E-state index contributed by atoms with van der Waals surface area (Å²) in [6, 6.07) is 15.8. The van der Waals surface area contributed by atoms with E-state index in [2.05, 4.69) is 49.6 Å². The monoisotopic (exact) mass is 468 g/mol. The summed E-state index contributed by atoms with van der Waals surface area (Å²) in [5.74, 6) is 1.51. The van der Waals surface area contributed by atoms with E-state index >= 15 is 0 Å². The lowest BCUT2D eigenvalue weighted by molar-refractivity contribution is 0.241. The lowest BCUT2D eigenvalue weighted by atomic mass is 9.85. The van der Waals surface area contributed by atoms with Crippen LogP contribution in [0.5, 0.6) is 0 Å². The molecule has 2 N–H and O–H groups in total. The van der Waals surface area contributed by atoms with Crippen molar-refractivity contribution >= 4 is 15.9 Å². The quantitative estimate of drug-likeness (QED) is 0.681. The molecule has 1 saturated heterocycles. The van der Waals surface area contributed by atoms with E-state index in [1.165, 1.54) is 16.7 Å². The molecule has 2 aromatic rings. The van der Waals surface area contributed by atoms with Gasteiger partial charge < -0.3 is 10.6 Å². The zero-order valence-electron chi connectivity index (χ0n) is 20.0. The normalized spacial score (nSPS) is 19.0. The maximum absolute atomic E-state index is 13.3. The van der Waals surface area contributed by atoms with Gasteiger partial charge in [0, 0.05) is 26.2 Å². The molecular formula is C26H36N4O2S. The summed E-state index contributed by atoms with van der Waals surface area (Å²) in [6.07, 6.45) is 2.37. The fourth-order valence-corrected chi connectivity index (χ4v) is 6.29. The first-order valence-electron chi connectivity index (χ1n) is 12.0. The zero-order chi connectivity index (χ0) is 23.5. The molecule has 2 aliphatic rings. The molecule has 1 fully saturated rings. The van der Waals surface area contributed by atoms with Crippen LogP contribution >= 0.6 is 0 Å². The Bertz CT molecular complexity index is 1090. The second-order valence-electron chi connectivity index (χ2n) is 9.67. The zero-order valence-corrected chi connectivity index (χ0v) is 20.8. The summed E-state index contributed by atoms with van der Waals surface area (Å²) >= 11 is 0. The van der Waals surface area contributed by atoms with Crippen LogP contribution in [0.2, 0.25) is 0 Å². The van der Waals surface area contributed by atoms with Crippen molar-refractivity contribution in [2.75, 3.05) is 26.2 Å². The van der Waals surface area contributed by atoms with Gasteiger partial charge in [-0.3, -0.25) is 4.99 Å². The highest BCUT2D eigenvalue weighted by molar-refractivity contribution is 7.89. The minimum atomic E-state index is -3.50. The number of amidine groups is 1. The van der Waals surface area contributed by atoms with Crippen molar-refractivity contribution in [2.24, 2.45) is 10.9 Å². The third kappa shape index (κ3) is 5.31. The maximum atomic E-state index is 13.3. The molecule has 0 bridgehead atoms.